The zero-order chi connectivity index (χ0) is 29.3. The van der Waals surface area contributed by atoms with E-state index < -0.39 is 5.92 Å². The van der Waals surface area contributed by atoms with E-state index in [0.717, 1.165) is 29.4 Å². The number of benzene rings is 1. The van der Waals surface area contributed by atoms with Gasteiger partial charge in [0.2, 0.25) is 0 Å². The molecule has 2 fully saturated rings. The highest BCUT2D eigenvalue weighted by molar-refractivity contribution is 6.08. The van der Waals surface area contributed by atoms with Gasteiger partial charge in [0.25, 0.3) is 17.4 Å². The summed E-state index contributed by atoms with van der Waals surface area (Å²) < 4.78 is 34.6. The normalized spacial score (nSPS) is 17.6. The number of fused-ring (bicyclic) bond motifs is 1. The van der Waals surface area contributed by atoms with E-state index in [1.807, 2.05) is 31.2 Å². The Balaban J connectivity index is 1.27. The van der Waals surface area contributed by atoms with Crippen LogP contribution in [0.5, 0.6) is 5.75 Å². The lowest BCUT2D eigenvalue weighted by Crippen LogP contribution is -2.51. The van der Waals surface area contributed by atoms with Crippen molar-refractivity contribution in [3.8, 4) is 5.75 Å². The lowest BCUT2D eigenvalue weighted by Gasteiger charge is -2.38. The van der Waals surface area contributed by atoms with Crippen LogP contribution >= 0.6 is 0 Å². The van der Waals surface area contributed by atoms with Crippen molar-refractivity contribution in [2.45, 2.75) is 58.5 Å². The zero-order valence-corrected chi connectivity index (χ0v) is 23.8. The third-order valence-corrected chi connectivity index (χ3v) is 8.42. The number of methoxy groups -OCH3 is 1. The number of H-pyrrole nitrogens is 1. The first-order chi connectivity index (χ1) is 19.6. The molecule has 0 aliphatic carbocycles. The average molecular weight is 570 g/mol. The minimum Gasteiger partial charge on any atom is -0.496 e. The van der Waals surface area contributed by atoms with E-state index in [1.165, 1.54) is 7.11 Å². The molecule has 3 amide bonds. The van der Waals surface area contributed by atoms with E-state index in [-0.39, 0.29) is 50.0 Å². The highest BCUT2D eigenvalue weighted by Crippen LogP contribution is 2.31. The Morgan fingerprint density at radius 2 is 1.73 bits per heavy atom. The number of aromatic nitrogens is 2. The van der Waals surface area contributed by atoms with Crippen molar-refractivity contribution < 1.29 is 23.1 Å². The molecule has 0 spiro atoms. The van der Waals surface area contributed by atoms with Crippen molar-refractivity contribution in [3.05, 3.63) is 63.2 Å². The number of pyridine rings is 1. The molecule has 1 aromatic carbocycles. The van der Waals surface area contributed by atoms with Gasteiger partial charge in [0, 0.05) is 67.9 Å². The number of hydrogen-bond donors (Lipinski definition) is 2. The Kier molecular flexibility index (Phi) is 8.06. The van der Waals surface area contributed by atoms with Gasteiger partial charge in [-0.05, 0) is 44.7 Å². The number of aromatic amines is 1. The predicted octanol–water partition coefficient (Wildman–Crippen LogP) is 4.45. The number of amides is 3. The number of carbonyl (C=O) groups excluding carboxylic acids is 2. The fourth-order valence-corrected chi connectivity index (χ4v) is 6.04. The van der Waals surface area contributed by atoms with Crippen LogP contribution < -0.4 is 15.6 Å². The quantitative estimate of drug-likeness (QED) is 0.458. The maximum Gasteiger partial charge on any atom is 0.320 e. The first-order valence-electron chi connectivity index (χ1n) is 14.1. The van der Waals surface area contributed by atoms with Crippen LogP contribution in [0.3, 0.4) is 0 Å². The first kappa shape index (κ1) is 28.6. The third kappa shape index (κ3) is 5.94. The van der Waals surface area contributed by atoms with E-state index >= 15 is 0 Å². The first-order valence-corrected chi connectivity index (χ1v) is 14.1. The minimum absolute atomic E-state index is 0.0255. The zero-order valence-electron chi connectivity index (χ0n) is 23.8. The Morgan fingerprint density at radius 3 is 2.41 bits per heavy atom. The number of alkyl halides is 2. The maximum absolute atomic E-state index is 13.5. The Hall–Kier alpha value is -3.89. The van der Waals surface area contributed by atoms with Crippen molar-refractivity contribution in [1.29, 1.82) is 0 Å². The number of likely N-dealkylation sites (tertiary alicyclic amines) is 2. The SMILES string of the molecule is COc1cc(C)[nH]c(=O)c1CNC(=O)c1c(C)n(CC2CCN(C(=O)N3CCC(F)(F)CC3)CC2)c2ccccc12. The van der Waals surface area contributed by atoms with Gasteiger partial charge in [0.05, 0.1) is 24.8 Å². The van der Waals surface area contributed by atoms with Crippen LogP contribution in [0, 0.1) is 19.8 Å². The molecule has 0 saturated carbocycles. The van der Waals surface area contributed by atoms with Crippen LogP contribution in [0.15, 0.2) is 35.1 Å². The van der Waals surface area contributed by atoms with Gasteiger partial charge in [-0.2, -0.15) is 0 Å². The van der Waals surface area contributed by atoms with Crippen molar-refractivity contribution in [1.82, 2.24) is 24.7 Å². The topological polar surface area (TPSA) is 99.7 Å². The third-order valence-electron chi connectivity index (χ3n) is 8.42. The average Bonchev–Trinajstić information content (AvgIpc) is 3.23. The van der Waals surface area contributed by atoms with Gasteiger partial charge in [-0.25, -0.2) is 13.6 Å². The van der Waals surface area contributed by atoms with Crippen LogP contribution in [-0.2, 0) is 13.1 Å². The summed E-state index contributed by atoms with van der Waals surface area (Å²) in [6.07, 6.45) is 1.03. The Bertz CT molecular complexity index is 1500. The minimum atomic E-state index is -2.68. The van der Waals surface area contributed by atoms with Gasteiger partial charge in [-0.15, -0.1) is 0 Å². The fourth-order valence-electron chi connectivity index (χ4n) is 6.04. The Labute approximate surface area is 237 Å². The van der Waals surface area contributed by atoms with Gasteiger partial charge >= 0.3 is 6.03 Å². The lowest BCUT2D eigenvalue weighted by atomic mass is 9.96. The Morgan fingerprint density at radius 1 is 1.07 bits per heavy atom. The molecule has 220 valence electrons. The highest BCUT2D eigenvalue weighted by Gasteiger charge is 2.37. The molecule has 41 heavy (non-hydrogen) atoms. The second kappa shape index (κ2) is 11.5. The van der Waals surface area contributed by atoms with Crippen LogP contribution in [0.1, 0.15) is 53.0 Å². The number of ether oxygens (including phenoxy) is 1. The fraction of sp³-hybridized carbons (Fsp3) is 0.500. The maximum atomic E-state index is 13.5. The number of piperidine rings is 2. The highest BCUT2D eigenvalue weighted by atomic mass is 19.3. The molecule has 5 rings (SSSR count). The molecular formula is C30H37F2N5O4. The van der Waals surface area contributed by atoms with Crippen molar-refractivity contribution >= 4 is 22.8 Å². The number of nitrogens with zero attached hydrogens (tertiary/aromatic N) is 3. The van der Waals surface area contributed by atoms with Crippen molar-refractivity contribution in [3.63, 3.8) is 0 Å². The van der Waals surface area contributed by atoms with E-state index in [9.17, 15) is 23.2 Å². The van der Waals surface area contributed by atoms with Gasteiger partial charge in [-0.3, -0.25) is 9.59 Å². The summed E-state index contributed by atoms with van der Waals surface area (Å²) in [6.45, 7) is 5.76. The van der Waals surface area contributed by atoms with Gasteiger partial charge in [0.15, 0.2) is 0 Å². The molecule has 2 aliphatic rings. The number of aryl methyl sites for hydroxylation is 1. The van der Waals surface area contributed by atoms with E-state index in [2.05, 4.69) is 14.9 Å². The summed E-state index contributed by atoms with van der Waals surface area (Å²) in [6, 6.07) is 9.35. The molecule has 4 heterocycles. The van der Waals surface area contributed by atoms with Crippen LogP contribution in [-0.4, -0.2) is 70.5 Å². The smallest absolute Gasteiger partial charge is 0.320 e. The summed E-state index contributed by atoms with van der Waals surface area (Å²) in [7, 11) is 1.49. The number of halogens is 2. The number of hydrogen-bond acceptors (Lipinski definition) is 4. The summed E-state index contributed by atoms with van der Waals surface area (Å²) in [4.78, 5) is 45.0. The van der Waals surface area contributed by atoms with Crippen LogP contribution in [0.25, 0.3) is 10.9 Å². The summed E-state index contributed by atoms with van der Waals surface area (Å²) in [5, 5.41) is 3.74. The summed E-state index contributed by atoms with van der Waals surface area (Å²) in [5.74, 6) is -2.23. The molecular weight excluding hydrogens is 532 g/mol. The number of urea groups is 1. The number of para-hydroxylation sites is 1. The molecule has 0 unspecified atom stereocenters. The second-order valence-electron chi connectivity index (χ2n) is 11.2. The van der Waals surface area contributed by atoms with Crippen LogP contribution in [0.4, 0.5) is 13.6 Å². The molecule has 2 N–H and O–H groups in total. The standard InChI is InChI=1S/C30H37F2N5O4/c1-19-16-25(41-3)23(27(38)34-19)17-33-28(39)26-20(2)37(24-7-5-4-6-22(24)26)18-21-8-12-35(13-9-21)29(40)36-14-10-30(31,32)11-15-36/h4-7,16,21H,8-15,17-18H2,1-3H3,(H,33,39)(H,34,38). The van der Waals surface area contributed by atoms with Gasteiger partial charge < -0.3 is 29.4 Å². The number of carbonyl (C=O) groups is 2. The molecule has 11 heteroatoms. The van der Waals surface area contributed by atoms with Gasteiger partial charge in [-0.1, -0.05) is 18.2 Å². The van der Waals surface area contributed by atoms with E-state index in [4.69, 9.17) is 4.74 Å². The molecule has 2 aliphatic heterocycles. The van der Waals surface area contributed by atoms with Crippen LogP contribution in [0.2, 0.25) is 0 Å². The molecule has 9 nitrogen and oxygen atoms in total. The predicted molar refractivity (Wildman–Crippen MR) is 152 cm³/mol. The molecule has 0 radical (unpaired) electrons. The molecule has 0 bridgehead atoms. The van der Waals surface area contributed by atoms with Crippen molar-refractivity contribution in [2.75, 3.05) is 33.3 Å². The van der Waals surface area contributed by atoms with Gasteiger partial charge in [0.1, 0.15) is 5.75 Å². The molecule has 0 atom stereocenters. The largest absolute Gasteiger partial charge is 0.496 e. The number of nitrogens with one attached hydrogen (secondary N) is 2. The number of rotatable bonds is 6. The monoisotopic (exact) mass is 569 g/mol. The lowest BCUT2D eigenvalue weighted by molar-refractivity contribution is -0.0496. The molecule has 3 aromatic rings. The van der Waals surface area contributed by atoms with E-state index in [0.29, 0.717) is 48.1 Å². The molecule has 2 aromatic heterocycles. The summed E-state index contributed by atoms with van der Waals surface area (Å²) in [5.41, 5.74) is 3.08. The second-order valence-corrected chi connectivity index (χ2v) is 11.2. The van der Waals surface area contributed by atoms with E-state index in [1.54, 1.807) is 22.8 Å². The summed E-state index contributed by atoms with van der Waals surface area (Å²) >= 11 is 0. The van der Waals surface area contributed by atoms with Crippen molar-refractivity contribution in [2.24, 2.45) is 5.92 Å². The molecule has 2 saturated heterocycles.